The molecule has 178 valence electrons. The fraction of sp³-hybridized carbons (Fsp3) is 0.348. The molecule has 0 bridgehead atoms. The molecule has 0 unspecified atom stereocenters. The number of para-hydroxylation sites is 1. The number of amides is 1. The van der Waals surface area contributed by atoms with Gasteiger partial charge in [0.05, 0.1) is 17.2 Å². The fourth-order valence-corrected chi connectivity index (χ4v) is 4.13. The van der Waals surface area contributed by atoms with Crippen molar-refractivity contribution < 1.29 is 23.6 Å². The smallest absolute Gasteiger partial charge is 0.321 e. The molecule has 2 aromatic rings. The van der Waals surface area contributed by atoms with Crippen LogP contribution in [0.25, 0.3) is 0 Å². The molecule has 11 heteroatoms. The highest BCUT2D eigenvalue weighted by atomic mass is 19.1. The first kappa shape index (κ1) is 23.1. The van der Waals surface area contributed by atoms with Crippen LogP contribution in [-0.4, -0.2) is 60.4 Å². The highest BCUT2D eigenvalue weighted by Crippen LogP contribution is 2.32. The van der Waals surface area contributed by atoms with Crippen LogP contribution in [0.3, 0.4) is 0 Å². The number of hydrogen-bond acceptors (Lipinski definition) is 8. The Balaban J connectivity index is 1.58. The number of anilines is 1. The molecule has 0 spiro atoms. The Bertz CT molecular complexity index is 1110. The molecule has 2 atom stereocenters. The summed E-state index contributed by atoms with van der Waals surface area (Å²) >= 11 is 0. The molecule has 1 saturated heterocycles. The average molecular weight is 469 g/mol. The van der Waals surface area contributed by atoms with Gasteiger partial charge in [0.15, 0.2) is 5.92 Å². The Morgan fingerprint density at radius 2 is 1.79 bits per heavy atom. The van der Waals surface area contributed by atoms with Crippen LogP contribution in [-0.2, 0) is 14.3 Å². The molecule has 0 aliphatic carbocycles. The molecule has 0 saturated carbocycles. The number of piperazine rings is 1. The van der Waals surface area contributed by atoms with Crippen molar-refractivity contribution in [1.82, 2.24) is 10.2 Å². The van der Waals surface area contributed by atoms with Crippen LogP contribution in [0.4, 0.5) is 15.8 Å². The Kier molecular flexibility index (Phi) is 6.71. The summed E-state index contributed by atoms with van der Waals surface area (Å²) in [6.07, 6.45) is 0. The highest BCUT2D eigenvalue weighted by Gasteiger charge is 2.42. The zero-order chi connectivity index (χ0) is 24.2. The molecule has 2 aromatic carbocycles. The van der Waals surface area contributed by atoms with Gasteiger partial charge in [-0.2, -0.15) is 0 Å². The number of rotatable bonds is 5. The van der Waals surface area contributed by atoms with Crippen LogP contribution in [0.1, 0.15) is 18.5 Å². The van der Waals surface area contributed by atoms with Crippen LogP contribution >= 0.6 is 0 Å². The first-order valence-electron chi connectivity index (χ1n) is 10.9. The second-order valence-electron chi connectivity index (χ2n) is 7.89. The summed E-state index contributed by atoms with van der Waals surface area (Å²) in [5.74, 6) is -2.47. The normalized spacial score (nSPS) is 20.4. The van der Waals surface area contributed by atoms with E-state index in [9.17, 15) is 24.1 Å². The summed E-state index contributed by atoms with van der Waals surface area (Å²) < 4.78 is 19.2. The second kappa shape index (κ2) is 9.86. The van der Waals surface area contributed by atoms with E-state index in [0.29, 0.717) is 43.4 Å². The number of nitro benzene ring substituents is 1. The lowest BCUT2D eigenvalue weighted by Crippen LogP contribution is -2.57. The third-order valence-corrected chi connectivity index (χ3v) is 5.85. The van der Waals surface area contributed by atoms with Crippen molar-refractivity contribution in [2.24, 2.45) is 10.9 Å². The first-order valence-corrected chi connectivity index (χ1v) is 10.9. The van der Waals surface area contributed by atoms with Gasteiger partial charge in [0.2, 0.25) is 11.9 Å². The van der Waals surface area contributed by atoms with Gasteiger partial charge in [0, 0.05) is 38.3 Å². The van der Waals surface area contributed by atoms with E-state index >= 15 is 0 Å². The average Bonchev–Trinajstić information content (AvgIpc) is 2.84. The van der Waals surface area contributed by atoms with Crippen molar-refractivity contribution in [3.8, 4) is 0 Å². The lowest BCUT2D eigenvalue weighted by Gasteiger charge is -2.39. The molecule has 2 aliphatic rings. The van der Waals surface area contributed by atoms with E-state index in [1.807, 2.05) is 9.80 Å². The second-order valence-corrected chi connectivity index (χ2v) is 7.89. The Labute approximate surface area is 195 Å². The van der Waals surface area contributed by atoms with Gasteiger partial charge in [0.25, 0.3) is 5.69 Å². The molecule has 4 rings (SSSR count). The van der Waals surface area contributed by atoms with Gasteiger partial charge < -0.3 is 14.5 Å². The lowest BCUT2D eigenvalue weighted by atomic mass is 9.91. The molecule has 10 nitrogen and oxygen atoms in total. The number of ether oxygens (including phenoxy) is 1. The molecule has 1 N–H and O–H groups in total. The van der Waals surface area contributed by atoms with E-state index in [4.69, 9.17) is 4.74 Å². The highest BCUT2D eigenvalue weighted by molar-refractivity contribution is 6.08. The molecule has 0 radical (unpaired) electrons. The SMILES string of the molecule is CCOC(=O)[C@H]1C(=O)NC(N2CCN(c3ccccc3F)CC2)=N[C@H]1c1ccc([N+](=O)[O-])cc1. The number of aliphatic imine (C=N–C) groups is 1. The number of benzene rings is 2. The zero-order valence-corrected chi connectivity index (χ0v) is 18.5. The van der Waals surface area contributed by atoms with Crippen molar-refractivity contribution in [2.75, 3.05) is 37.7 Å². The number of hydrogen-bond donors (Lipinski definition) is 1. The summed E-state index contributed by atoms with van der Waals surface area (Å²) in [7, 11) is 0. The number of carbonyl (C=O) groups excluding carboxylic acids is 2. The minimum Gasteiger partial charge on any atom is -0.465 e. The molecular formula is C23H24FN5O5. The van der Waals surface area contributed by atoms with Gasteiger partial charge in [-0.1, -0.05) is 24.3 Å². The third kappa shape index (κ3) is 4.68. The van der Waals surface area contributed by atoms with Crippen LogP contribution in [0.5, 0.6) is 0 Å². The number of halogens is 1. The van der Waals surface area contributed by atoms with E-state index in [1.165, 1.54) is 30.3 Å². The number of nitrogens with zero attached hydrogens (tertiary/aromatic N) is 4. The lowest BCUT2D eigenvalue weighted by molar-refractivity contribution is -0.384. The number of non-ortho nitro benzene ring substituents is 1. The summed E-state index contributed by atoms with van der Waals surface area (Å²) in [4.78, 5) is 44.5. The first-order chi connectivity index (χ1) is 16.4. The van der Waals surface area contributed by atoms with Crippen molar-refractivity contribution in [1.29, 1.82) is 0 Å². The molecule has 2 heterocycles. The number of esters is 1. The summed E-state index contributed by atoms with van der Waals surface area (Å²) in [5.41, 5.74) is 0.897. The molecular weight excluding hydrogens is 445 g/mol. The molecule has 1 fully saturated rings. The predicted octanol–water partition coefficient (Wildman–Crippen LogP) is 2.26. The number of nitro groups is 1. The van der Waals surface area contributed by atoms with Gasteiger partial charge in [0.1, 0.15) is 11.9 Å². The number of nitrogens with one attached hydrogen (secondary N) is 1. The maximum absolute atomic E-state index is 14.2. The number of carbonyl (C=O) groups is 2. The maximum atomic E-state index is 14.2. The summed E-state index contributed by atoms with van der Waals surface area (Å²) in [5, 5.41) is 13.7. The van der Waals surface area contributed by atoms with Crippen LogP contribution in [0, 0.1) is 21.8 Å². The molecule has 2 aliphatic heterocycles. The van der Waals surface area contributed by atoms with Gasteiger partial charge in [-0.25, -0.2) is 9.38 Å². The zero-order valence-electron chi connectivity index (χ0n) is 18.5. The largest absolute Gasteiger partial charge is 0.465 e. The minimum atomic E-state index is -1.22. The maximum Gasteiger partial charge on any atom is 0.321 e. The van der Waals surface area contributed by atoms with Crippen molar-refractivity contribution in [3.63, 3.8) is 0 Å². The van der Waals surface area contributed by atoms with E-state index in [2.05, 4.69) is 10.3 Å². The Morgan fingerprint density at radius 1 is 1.15 bits per heavy atom. The molecule has 1 amide bonds. The third-order valence-electron chi connectivity index (χ3n) is 5.85. The van der Waals surface area contributed by atoms with Gasteiger partial charge in [-0.15, -0.1) is 0 Å². The van der Waals surface area contributed by atoms with E-state index < -0.39 is 28.8 Å². The Morgan fingerprint density at radius 3 is 2.41 bits per heavy atom. The van der Waals surface area contributed by atoms with Crippen molar-refractivity contribution in [3.05, 3.63) is 70.0 Å². The van der Waals surface area contributed by atoms with E-state index in [0.717, 1.165) is 0 Å². The summed E-state index contributed by atoms with van der Waals surface area (Å²) in [6, 6.07) is 11.3. The predicted molar refractivity (Wildman–Crippen MR) is 122 cm³/mol. The quantitative estimate of drug-likeness (QED) is 0.309. The molecule has 0 aromatic heterocycles. The minimum absolute atomic E-state index is 0.101. The molecule has 34 heavy (non-hydrogen) atoms. The monoisotopic (exact) mass is 469 g/mol. The van der Waals surface area contributed by atoms with E-state index in [1.54, 1.807) is 25.1 Å². The number of guanidine groups is 1. The van der Waals surface area contributed by atoms with E-state index in [-0.39, 0.29) is 18.1 Å². The van der Waals surface area contributed by atoms with Crippen molar-refractivity contribution in [2.45, 2.75) is 13.0 Å². The van der Waals surface area contributed by atoms with Gasteiger partial charge >= 0.3 is 5.97 Å². The van der Waals surface area contributed by atoms with Crippen LogP contribution in [0.15, 0.2) is 53.5 Å². The van der Waals surface area contributed by atoms with Gasteiger partial charge in [-0.05, 0) is 24.6 Å². The van der Waals surface area contributed by atoms with Crippen LogP contribution in [0.2, 0.25) is 0 Å². The van der Waals surface area contributed by atoms with Crippen molar-refractivity contribution >= 4 is 29.2 Å². The Hall–Kier alpha value is -4.02. The standard InChI is InChI=1S/C23H24FN5O5/c1-2-34-22(31)19-20(15-7-9-16(10-8-15)29(32)33)25-23(26-21(19)30)28-13-11-27(12-14-28)18-6-4-3-5-17(18)24/h3-10,19-20H,2,11-14H2,1H3,(H,25,26,30)/t19-,20+/m1/s1. The topological polar surface area (TPSA) is 117 Å². The summed E-state index contributed by atoms with van der Waals surface area (Å²) in [6.45, 7) is 3.72. The fourth-order valence-electron chi connectivity index (χ4n) is 4.13. The van der Waals surface area contributed by atoms with Crippen LogP contribution < -0.4 is 10.2 Å². The van der Waals surface area contributed by atoms with Gasteiger partial charge in [-0.3, -0.25) is 25.0 Å².